The average Bonchev–Trinajstić information content (AvgIpc) is 3.81. The number of methoxy groups -OCH3 is 1. The van der Waals surface area contributed by atoms with E-state index in [9.17, 15) is 14.0 Å². The number of rotatable bonds is 14. The second-order valence-corrected chi connectivity index (χ2v) is 17.3. The maximum absolute atomic E-state index is 14.9. The number of hydrogen-bond acceptors (Lipinski definition) is 15. The molecule has 17 heteroatoms. The maximum Gasteiger partial charge on any atom is 0.410 e. The summed E-state index contributed by atoms with van der Waals surface area (Å²) in [5.41, 5.74) is 2.76. The van der Waals surface area contributed by atoms with Crippen molar-refractivity contribution in [1.29, 1.82) is 0 Å². The van der Waals surface area contributed by atoms with E-state index in [4.69, 9.17) is 28.9 Å². The molecule has 6 rings (SSSR count). The number of hydrogen-bond donors (Lipinski definition) is 1. The van der Waals surface area contributed by atoms with Crippen molar-refractivity contribution in [1.82, 2.24) is 30.0 Å². The van der Waals surface area contributed by atoms with E-state index in [2.05, 4.69) is 27.4 Å². The third kappa shape index (κ3) is 11.2. The zero-order valence-corrected chi connectivity index (χ0v) is 36.2. The smallest absolute Gasteiger partial charge is 0.410 e. The number of halogens is 1. The number of para-hydroxylation sites is 1. The molecule has 1 amide bonds. The summed E-state index contributed by atoms with van der Waals surface area (Å²) in [6.07, 6.45) is 0.634. The molecule has 3 aromatic heterocycles. The Kier molecular flexibility index (Phi) is 14.0. The number of esters is 1. The third-order valence-electron chi connectivity index (χ3n) is 9.06. The molecule has 1 aliphatic heterocycles. The van der Waals surface area contributed by atoms with Crippen LogP contribution in [0, 0.1) is 24.6 Å². The first kappa shape index (κ1) is 43.2. The van der Waals surface area contributed by atoms with Crippen LogP contribution >= 0.6 is 22.7 Å². The highest BCUT2D eigenvalue weighted by atomic mass is 32.1. The summed E-state index contributed by atoms with van der Waals surface area (Å²) < 4.78 is 38.8. The van der Waals surface area contributed by atoms with E-state index in [-0.39, 0.29) is 30.8 Å². The summed E-state index contributed by atoms with van der Waals surface area (Å²) >= 11 is 2.86. The van der Waals surface area contributed by atoms with Gasteiger partial charge in [-0.1, -0.05) is 35.3 Å². The van der Waals surface area contributed by atoms with Gasteiger partial charge in [0, 0.05) is 41.6 Å². The summed E-state index contributed by atoms with van der Waals surface area (Å²) in [7, 11) is 6.82. The van der Waals surface area contributed by atoms with E-state index in [1.54, 1.807) is 19.2 Å². The van der Waals surface area contributed by atoms with Gasteiger partial charge in [-0.15, -0.1) is 21.5 Å². The van der Waals surface area contributed by atoms with Crippen LogP contribution in [0.1, 0.15) is 59.2 Å². The predicted molar refractivity (Wildman–Crippen MR) is 228 cm³/mol. The highest BCUT2D eigenvalue weighted by Crippen LogP contribution is 2.40. The van der Waals surface area contributed by atoms with Crippen LogP contribution in [0.15, 0.2) is 42.5 Å². The minimum atomic E-state index is -0.621. The standard InChI is InChI=1S/C42H49FN8O6S2/c1-26-29-24-28(55-22-20-50(7)41(53)57-42(2,3)4)25-51(37(29)48-47-36(26)46-39-44-31-14-9-10-15-33(31)58-39)40-45-35(38(52)54-8)34(59-40)16-12-21-56-32-18-17-27(23-30(32)43)13-11-19-49(5)6/h9-10,14-15,17-18,23,28H,12,16,19-22,24-25H2,1-8H3,(H,44,46,47). The predicted octanol–water partition coefficient (Wildman–Crippen LogP) is 7.39. The van der Waals surface area contributed by atoms with Gasteiger partial charge >= 0.3 is 12.1 Å². The molecule has 0 aliphatic carbocycles. The molecule has 0 fully saturated rings. The molecule has 2 aromatic carbocycles. The first-order valence-corrected chi connectivity index (χ1v) is 20.8. The molecule has 0 bridgehead atoms. The van der Waals surface area contributed by atoms with E-state index in [1.165, 1.54) is 40.7 Å². The second-order valence-electron chi connectivity index (χ2n) is 15.2. The summed E-state index contributed by atoms with van der Waals surface area (Å²) in [6, 6.07) is 12.6. The molecular weight excluding hydrogens is 796 g/mol. The Labute approximate surface area is 351 Å². The van der Waals surface area contributed by atoms with E-state index in [0.29, 0.717) is 71.2 Å². The highest BCUT2D eigenvalue weighted by molar-refractivity contribution is 7.22. The summed E-state index contributed by atoms with van der Waals surface area (Å²) in [4.78, 5) is 41.2. The average molecular weight is 845 g/mol. The van der Waals surface area contributed by atoms with Gasteiger partial charge in [0.1, 0.15) is 5.60 Å². The van der Waals surface area contributed by atoms with Crippen molar-refractivity contribution in [2.45, 2.75) is 58.7 Å². The van der Waals surface area contributed by atoms with Crippen molar-refractivity contribution in [3.63, 3.8) is 0 Å². The number of ether oxygens (including phenoxy) is 4. The van der Waals surface area contributed by atoms with Gasteiger partial charge in [0.15, 0.2) is 39.2 Å². The van der Waals surface area contributed by atoms with Crippen molar-refractivity contribution < 1.29 is 32.9 Å². The Bertz CT molecular complexity index is 2320. The molecule has 14 nitrogen and oxygen atoms in total. The Morgan fingerprint density at radius 2 is 1.86 bits per heavy atom. The molecule has 0 spiro atoms. The van der Waals surface area contributed by atoms with Gasteiger partial charge in [0.05, 0.1) is 49.7 Å². The van der Waals surface area contributed by atoms with Gasteiger partial charge in [-0.05, 0) is 85.0 Å². The third-order valence-corrected chi connectivity index (χ3v) is 11.2. The lowest BCUT2D eigenvalue weighted by molar-refractivity contribution is 0.0130. The lowest BCUT2D eigenvalue weighted by Crippen LogP contribution is -2.41. The molecule has 1 unspecified atom stereocenters. The van der Waals surface area contributed by atoms with E-state index >= 15 is 0 Å². The molecule has 1 aliphatic rings. The first-order valence-electron chi connectivity index (χ1n) is 19.1. The highest BCUT2D eigenvalue weighted by Gasteiger charge is 2.34. The number of aryl methyl sites for hydroxylation is 1. The molecule has 0 radical (unpaired) electrons. The monoisotopic (exact) mass is 844 g/mol. The molecule has 5 aromatic rings. The van der Waals surface area contributed by atoms with E-state index in [1.807, 2.05) is 75.9 Å². The van der Waals surface area contributed by atoms with Gasteiger partial charge in [-0.3, -0.25) is 9.80 Å². The van der Waals surface area contributed by atoms with E-state index < -0.39 is 23.5 Å². The van der Waals surface area contributed by atoms with Gasteiger partial charge in [0.2, 0.25) is 0 Å². The fourth-order valence-electron chi connectivity index (χ4n) is 6.09. The molecule has 4 heterocycles. The van der Waals surface area contributed by atoms with Gasteiger partial charge in [0.25, 0.3) is 0 Å². The van der Waals surface area contributed by atoms with Crippen LogP contribution < -0.4 is 15.0 Å². The largest absolute Gasteiger partial charge is 0.491 e. The number of anilines is 4. The van der Waals surface area contributed by atoms with Crippen molar-refractivity contribution in [3.05, 3.63) is 75.5 Å². The molecule has 1 N–H and O–H groups in total. The second kappa shape index (κ2) is 19.1. The fourth-order valence-corrected chi connectivity index (χ4v) is 8.06. The summed E-state index contributed by atoms with van der Waals surface area (Å²) in [5.74, 6) is 6.16. The zero-order chi connectivity index (χ0) is 42.3. The molecule has 1 atom stereocenters. The van der Waals surface area contributed by atoms with Crippen molar-refractivity contribution >= 4 is 66.9 Å². The van der Waals surface area contributed by atoms with Crippen LogP contribution in [0.3, 0.4) is 0 Å². The Hall–Kier alpha value is -5.41. The number of nitrogens with zero attached hydrogens (tertiary/aromatic N) is 7. The van der Waals surface area contributed by atoms with Crippen LogP contribution in [0.5, 0.6) is 5.75 Å². The zero-order valence-electron chi connectivity index (χ0n) is 34.6. The quantitative estimate of drug-likeness (QED) is 0.0675. The lowest BCUT2D eigenvalue weighted by Gasteiger charge is -2.34. The Balaban J connectivity index is 1.22. The van der Waals surface area contributed by atoms with Gasteiger partial charge < -0.3 is 29.2 Å². The number of carbonyl (C=O) groups is 2. The number of thiazole rings is 2. The first-order chi connectivity index (χ1) is 28.2. The number of nitrogens with one attached hydrogen (secondary N) is 1. The number of amides is 1. The van der Waals surface area contributed by atoms with Crippen LogP contribution in [-0.2, 0) is 27.1 Å². The molecule has 312 valence electrons. The van der Waals surface area contributed by atoms with Crippen molar-refractivity contribution in [2.24, 2.45) is 0 Å². The summed E-state index contributed by atoms with van der Waals surface area (Å²) in [6.45, 7) is 9.13. The van der Waals surface area contributed by atoms with Crippen LogP contribution in [0.25, 0.3) is 10.2 Å². The Morgan fingerprint density at radius 1 is 1.07 bits per heavy atom. The maximum atomic E-state index is 14.9. The van der Waals surface area contributed by atoms with Crippen molar-refractivity contribution in [3.8, 4) is 17.6 Å². The Morgan fingerprint density at radius 3 is 2.59 bits per heavy atom. The summed E-state index contributed by atoms with van der Waals surface area (Å²) in [5, 5.41) is 13.8. The minimum absolute atomic E-state index is 0.125. The number of carbonyl (C=O) groups excluding carboxylic acids is 2. The van der Waals surface area contributed by atoms with E-state index in [0.717, 1.165) is 21.3 Å². The topological polar surface area (TPSA) is 144 Å². The SMILES string of the molecule is COC(=O)c1nc(N2CC(OCCN(C)C(=O)OC(C)(C)C)Cc3c2nnc(Nc2nc4ccccc4s2)c3C)sc1CCCOc1ccc(C#CCN(C)C)cc1F. The fraction of sp³-hybridized carbons (Fsp3) is 0.429. The number of likely N-dealkylation sites (N-methyl/N-ethyl adjacent to an activating group) is 1. The van der Waals surface area contributed by atoms with Crippen molar-refractivity contribution in [2.75, 3.05) is 71.3 Å². The minimum Gasteiger partial charge on any atom is -0.491 e. The van der Waals surface area contributed by atoms with Crippen LogP contribution in [0.2, 0.25) is 0 Å². The molecule has 0 saturated heterocycles. The molecule has 59 heavy (non-hydrogen) atoms. The number of fused-ring (bicyclic) bond motifs is 2. The number of aromatic nitrogens is 4. The van der Waals surface area contributed by atoms with Crippen LogP contribution in [-0.4, -0.2) is 115 Å². The lowest BCUT2D eigenvalue weighted by atomic mass is 9.99. The number of benzene rings is 2. The van der Waals surface area contributed by atoms with Crippen LogP contribution in [0.4, 0.5) is 31.1 Å². The normalized spacial score (nSPS) is 13.8. The van der Waals surface area contributed by atoms with Gasteiger partial charge in [-0.25, -0.2) is 23.9 Å². The molecule has 0 saturated carbocycles. The van der Waals surface area contributed by atoms with Gasteiger partial charge in [-0.2, -0.15) is 0 Å². The molecular formula is C42H49FN8O6S2.